The molecule has 1 amide bonds. The van der Waals surface area contributed by atoms with Crippen molar-refractivity contribution in [3.8, 4) is 0 Å². The first kappa shape index (κ1) is 14.5. The Hall–Kier alpha value is -0.610. The van der Waals surface area contributed by atoms with Gasteiger partial charge in [-0.05, 0) is 38.8 Å². The molecule has 0 aromatic heterocycles. The second kappa shape index (κ2) is 6.97. The Morgan fingerprint density at radius 1 is 1.29 bits per heavy atom. The van der Waals surface area contributed by atoms with E-state index in [9.17, 15) is 4.79 Å². The van der Waals surface area contributed by atoms with Crippen molar-refractivity contribution in [2.75, 3.05) is 19.6 Å². The Labute approximate surface area is 105 Å². The van der Waals surface area contributed by atoms with Gasteiger partial charge in [-0.15, -0.1) is 0 Å². The number of nitrogens with zero attached hydrogens (tertiary/aromatic N) is 1. The average Bonchev–Trinajstić information content (AvgIpc) is 2.69. The van der Waals surface area contributed by atoms with Crippen LogP contribution < -0.4 is 11.1 Å². The molecule has 100 valence electrons. The molecule has 0 aliphatic carbocycles. The van der Waals surface area contributed by atoms with E-state index in [4.69, 9.17) is 5.73 Å². The molecule has 1 aliphatic heterocycles. The molecular weight excluding hydrogens is 214 g/mol. The Morgan fingerprint density at radius 2 is 1.88 bits per heavy atom. The van der Waals surface area contributed by atoms with Gasteiger partial charge >= 0.3 is 0 Å². The second-order valence-corrected chi connectivity index (χ2v) is 5.54. The number of nitrogens with two attached hydrogens (primary N) is 1. The predicted molar refractivity (Wildman–Crippen MR) is 70.7 cm³/mol. The van der Waals surface area contributed by atoms with Crippen LogP contribution in [0.1, 0.15) is 40.0 Å². The zero-order valence-electron chi connectivity index (χ0n) is 11.4. The van der Waals surface area contributed by atoms with E-state index in [1.165, 1.54) is 25.9 Å². The molecule has 4 nitrogen and oxygen atoms in total. The summed E-state index contributed by atoms with van der Waals surface area (Å²) in [5, 5.41) is 3.01. The first-order valence-corrected chi connectivity index (χ1v) is 6.77. The van der Waals surface area contributed by atoms with E-state index in [2.05, 4.69) is 24.1 Å². The molecular formula is C13H27N3O. The van der Waals surface area contributed by atoms with Crippen LogP contribution in [0.2, 0.25) is 0 Å². The molecule has 0 spiro atoms. The third-order valence-electron chi connectivity index (χ3n) is 3.39. The van der Waals surface area contributed by atoms with E-state index in [0.717, 1.165) is 6.54 Å². The Balaban J connectivity index is 2.36. The van der Waals surface area contributed by atoms with E-state index in [0.29, 0.717) is 18.4 Å². The van der Waals surface area contributed by atoms with Crippen LogP contribution in [0.15, 0.2) is 0 Å². The molecule has 2 atom stereocenters. The van der Waals surface area contributed by atoms with E-state index in [1.807, 2.05) is 6.92 Å². The van der Waals surface area contributed by atoms with Gasteiger partial charge in [0.1, 0.15) is 0 Å². The molecule has 0 radical (unpaired) electrons. The third-order valence-corrected chi connectivity index (χ3v) is 3.39. The van der Waals surface area contributed by atoms with Gasteiger partial charge in [0.2, 0.25) is 5.91 Å². The molecule has 1 rings (SSSR count). The van der Waals surface area contributed by atoms with Crippen molar-refractivity contribution in [2.45, 2.75) is 52.1 Å². The smallest absolute Gasteiger partial charge is 0.221 e. The van der Waals surface area contributed by atoms with E-state index >= 15 is 0 Å². The summed E-state index contributed by atoms with van der Waals surface area (Å²) in [7, 11) is 0. The number of carbonyl (C=O) groups excluding carboxylic acids is 1. The normalized spacial score (nSPS) is 20.5. The predicted octanol–water partition coefficient (Wildman–Crippen LogP) is 0.960. The van der Waals surface area contributed by atoms with Crippen molar-refractivity contribution in [1.82, 2.24) is 10.2 Å². The Kier molecular flexibility index (Phi) is 5.92. The summed E-state index contributed by atoms with van der Waals surface area (Å²) in [6, 6.07) is 0.411. The fourth-order valence-corrected chi connectivity index (χ4v) is 2.44. The summed E-state index contributed by atoms with van der Waals surface area (Å²) in [5.41, 5.74) is 5.61. The monoisotopic (exact) mass is 241 g/mol. The lowest BCUT2D eigenvalue weighted by Crippen LogP contribution is -2.46. The quantitative estimate of drug-likeness (QED) is 0.728. The summed E-state index contributed by atoms with van der Waals surface area (Å²) in [6.07, 6.45) is 3.00. The van der Waals surface area contributed by atoms with Crippen molar-refractivity contribution in [3.63, 3.8) is 0 Å². The molecule has 17 heavy (non-hydrogen) atoms. The summed E-state index contributed by atoms with van der Waals surface area (Å²) in [6.45, 7) is 9.41. The number of amides is 1. The SMILES string of the molecule is CC(N)CC(=O)NCC(C(C)C)N1CCCC1. The number of likely N-dealkylation sites (tertiary alicyclic amines) is 1. The highest BCUT2D eigenvalue weighted by Gasteiger charge is 2.24. The minimum absolute atomic E-state index is 0.0562. The molecule has 4 heteroatoms. The number of hydrogen-bond donors (Lipinski definition) is 2. The largest absolute Gasteiger partial charge is 0.354 e. The maximum absolute atomic E-state index is 11.6. The first-order chi connectivity index (χ1) is 8.00. The number of nitrogens with one attached hydrogen (secondary N) is 1. The maximum atomic E-state index is 11.6. The van der Waals surface area contributed by atoms with Crippen molar-refractivity contribution >= 4 is 5.91 Å². The highest BCUT2D eigenvalue weighted by molar-refractivity contribution is 5.76. The molecule has 1 heterocycles. The van der Waals surface area contributed by atoms with Crippen molar-refractivity contribution in [2.24, 2.45) is 11.7 Å². The molecule has 3 N–H and O–H groups in total. The molecule has 1 saturated heterocycles. The highest BCUT2D eigenvalue weighted by atomic mass is 16.1. The van der Waals surface area contributed by atoms with Gasteiger partial charge in [0, 0.05) is 25.0 Å². The van der Waals surface area contributed by atoms with E-state index in [1.54, 1.807) is 0 Å². The Morgan fingerprint density at radius 3 is 2.35 bits per heavy atom. The van der Waals surface area contributed by atoms with Crippen LogP contribution in [-0.2, 0) is 4.79 Å². The molecule has 1 aliphatic rings. The van der Waals surface area contributed by atoms with Crippen molar-refractivity contribution < 1.29 is 4.79 Å². The highest BCUT2D eigenvalue weighted by Crippen LogP contribution is 2.17. The van der Waals surface area contributed by atoms with Crippen LogP contribution in [0.3, 0.4) is 0 Å². The number of rotatable bonds is 6. The number of hydrogen-bond acceptors (Lipinski definition) is 3. The zero-order valence-corrected chi connectivity index (χ0v) is 11.4. The summed E-state index contributed by atoms with van der Waals surface area (Å²) in [4.78, 5) is 14.1. The lowest BCUT2D eigenvalue weighted by molar-refractivity contribution is -0.121. The topological polar surface area (TPSA) is 58.4 Å². The van der Waals surface area contributed by atoms with Gasteiger partial charge in [0.05, 0.1) is 0 Å². The summed E-state index contributed by atoms with van der Waals surface area (Å²) < 4.78 is 0. The van der Waals surface area contributed by atoms with Gasteiger partial charge in [-0.25, -0.2) is 0 Å². The lowest BCUT2D eigenvalue weighted by atomic mass is 10.0. The summed E-state index contributed by atoms with van der Waals surface area (Å²) >= 11 is 0. The fourth-order valence-electron chi connectivity index (χ4n) is 2.44. The molecule has 0 aromatic carbocycles. The zero-order chi connectivity index (χ0) is 12.8. The summed E-state index contributed by atoms with van der Waals surface area (Å²) in [5.74, 6) is 0.647. The van der Waals surface area contributed by atoms with Crippen LogP contribution >= 0.6 is 0 Å². The van der Waals surface area contributed by atoms with Crippen LogP contribution in [0.25, 0.3) is 0 Å². The molecule has 0 saturated carbocycles. The van der Waals surface area contributed by atoms with Gasteiger partial charge in [-0.1, -0.05) is 13.8 Å². The fraction of sp³-hybridized carbons (Fsp3) is 0.923. The Bertz CT molecular complexity index is 235. The van der Waals surface area contributed by atoms with Crippen LogP contribution in [0, 0.1) is 5.92 Å². The standard InChI is InChI=1S/C13H27N3O/c1-10(2)12(16-6-4-5-7-16)9-15-13(17)8-11(3)14/h10-12H,4-9,14H2,1-3H3,(H,15,17). The first-order valence-electron chi connectivity index (χ1n) is 6.77. The van der Waals surface area contributed by atoms with Gasteiger partial charge < -0.3 is 11.1 Å². The lowest BCUT2D eigenvalue weighted by Gasteiger charge is -2.31. The van der Waals surface area contributed by atoms with Crippen LogP contribution in [-0.4, -0.2) is 42.5 Å². The van der Waals surface area contributed by atoms with Crippen molar-refractivity contribution in [1.29, 1.82) is 0 Å². The molecule has 1 fully saturated rings. The van der Waals surface area contributed by atoms with Gasteiger partial charge in [0.25, 0.3) is 0 Å². The minimum Gasteiger partial charge on any atom is -0.354 e. The van der Waals surface area contributed by atoms with Gasteiger partial charge in [-0.2, -0.15) is 0 Å². The van der Waals surface area contributed by atoms with Crippen LogP contribution in [0.5, 0.6) is 0 Å². The van der Waals surface area contributed by atoms with Gasteiger partial charge in [-0.3, -0.25) is 9.69 Å². The maximum Gasteiger partial charge on any atom is 0.221 e. The molecule has 0 aromatic rings. The van der Waals surface area contributed by atoms with Gasteiger partial charge in [0.15, 0.2) is 0 Å². The van der Waals surface area contributed by atoms with Crippen LogP contribution in [0.4, 0.5) is 0 Å². The number of carbonyl (C=O) groups is 1. The molecule has 2 unspecified atom stereocenters. The molecule has 0 bridgehead atoms. The second-order valence-electron chi connectivity index (χ2n) is 5.54. The third kappa shape index (κ3) is 5.04. The van der Waals surface area contributed by atoms with Crippen molar-refractivity contribution in [3.05, 3.63) is 0 Å². The average molecular weight is 241 g/mol. The van der Waals surface area contributed by atoms with E-state index < -0.39 is 0 Å². The van der Waals surface area contributed by atoms with E-state index in [-0.39, 0.29) is 11.9 Å². The minimum atomic E-state index is -0.0562.